The number of anilines is 1. The summed E-state index contributed by atoms with van der Waals surface area (Å²) in [6.45, 7) is 6.76. The van der Waals surface area contributed by atoms with Crippen LogP contribution in [0, 0.1) is 16.7 Å². The number of nitrogens with one attached hydrogen (secondary N) is 1. The van der Waals surface area contributed by atoms with E-state index in [1.807, 2.05) is 20.8 Å². The second-order valence-electron chi connectivity index (χ2n) is 8.30. The van der Waals surface area contributed by atoms with Gasteiger partial charge in [-0.15, -0.1) is 5.06 Å². The number of rotatable bonds is 5. The van der Waals surface area contributed by atoms with Gasteiger partial charge in [-0.1, -0.05) is 0 Å². The van der Waals surface area contributed by atoms with Crippen LogP contribution in [0.1, 0.15) is 52.9 Å². The van der Waals surface area contributed by atoms with Crippen LogP contribution in [0.15, 0.2) is 12.4 Å². The first kappa shape index (κ1) is 19.4. The van der Waals surface area contributed by atoms with Crippen molar-refractivity contribution in [2.24, 2.45) is 5.41 Å². The number of hydrogen-bond acceptors (Lipinski definition) is 8. The Kier molecular flexibility index (Phi) is 5.51. The standard InChI is InChI=1S/C19H27N5O3/c1-18(2,3)16(25)27-24-9-5-15(6-10-24)26-17-21-11-14(12-22-17)23-19(13-20)7-4-8-19/h11-12,15,23H,4-10H2,1-3H3. The molecule has 0 bridgehead atoms. The van der Waals surface area contributed by atoms with Crippen LogP contribution in [0.2, 0.25) is 0 Å². The largest absolute Gasteiger partial charge is 0.460 e. The highest BCUT2D eigenvalue weighted by molar-refractivity contribution is 5.75. The molecule has 2 heterocycles. The minimum absolute atomic E-state index is 0.00881. The number of ether oxygens (including phenoxy) is 1. The van der Waals surface area contributed by atoms with Crippen molar-refractivity contribution < 1.29 is 14.4 Å². The molecule has 1 aromatic heterocycles. The van der Waals surface area contributed by atoms with Gasteiger partial charge in [-0.3, -0.25) is 0 Å². The summed E-state index contributed by atoms with van der Waals surface area (Å²) in [5, 5.41) is 14.2. The minimum atomic E-state index is -0.513. The molecular weight excluding hydrogens is 346 g/mol. The Balaban J connectivity index is 1.45. The molecule has 3 rings (SSSR count). The Morgan fingerprint density at radius 2 is 1.93 bits per heavy atom. The monoisotopic (exact) mass is 373 g/mol. The highest BCUT2D eigenvalue weighted by Crippen LogP contribution is 2.34. The van der Waals surface area contributed by atoms with Crippen LogP contribution >= 0.6 is 0 Å². The van der Waals surface area contributed by atoms with Gasteiger partial charge in [0.25, 0.3) is 0 Å². The van der Waals surface area contributed by atoms with Crippen molar-refractivity contribution in [1.82, 2.24) is 15.0 Å². The van der Waals surface area contributed by atoms with E-state index >= 15 is 0 Å². The summed E-state index contributed by atoms with van der Waals surface area (Å²) in [5.74, 6) is -0.227. The quantitative estimate of drug-likeness (QED) is 0.841. The molecule has 0 amide bonds. The Morgan fingerprint density at radius 1 is 1.30 bits per heavy atom. The molecule has 1 N–H and O–H groups in total. The zero-order valence-electron chi connectivity index (χ0n) is 16.2. The van der Waals surface area contributed by atoms with Gasteiger partial charge in [0.2, 0.25) is 0 Å². The first-order chi connectivity index (χ1) is 12.8. The molecule has 1 aromatic rings. The SMILES string of the molecule is CC(C)(C)C(=O)ON1CCC(Oc2ncc(NC3(C#N)CCC3)cn2)CC1. The van der Waals surface area contributed by atoms with E-state index in [0.717, 1.165) is 37.8 Å². The number of nitriles is 1. The van der Waals surface area contributed by atoms with Crippen molar-refractivity contribution in [2.45, 2.75) is 64.5 Å². The molecule has 1 aliphatic heterocycles. The van der Waals surface area contributed by atoms with E-state index in [2.05, 4.69) is 21.4 Å². The molecular formula is C19H27N5O3. The fourth-order valence-electron chi connectivity index (χ4n) is 2.96. The van der Waals surface area contributed by atoms with Gasteiger partial charge >= 0.3 is 12.0 Å². The molecule has 2 fully saturated rings. The van der Waals surface area contributed by atoms with Crippen LogP contribution in [-0.2, 0) is 9.63 Å². The van der Waals surface area contributed by atoms with Crippen molar-refractivity contribution >= 4 is 11.7 Å². The lowest BCUT2D eigenvalue weighted by molar-refractivity contribution is -0.207. The summed E-state index contributed by atoms with van der Waals surface area (Å²) in [6.07, 6.45) is 7.52. The van der Waals surface area contributed by atoms with Crippen LogP contribution in [0.4, 0.5) is 5.69 Å². The fourth-order valence-corrected chi connectivity index (χ4v) is 2.96. The van der Waals surface area contributed by atoms with Gasteiger partial charge in [0.15, 0.2) is 0 Å². The maximum Gasteiger partial charge on any atom is 0.330 e. The molecule has 1 saturated heterocycles. The minimum Gasteiger partial charge on any atom is -0.460 e. The van der Waals surface area contributed by atoms with E-state index < -0.39 is 11.0 Å². The normalized spacial score (nSPS) is 20.2. The van der Waals surface area contributed by atoms with Gasteiger partial charge in [-0.25, -0.2) is 14.8 Å². The molecule has 1 aliphatic carbocycles. The van der Waals surface area contributed by atoms with Crippen molar-refractivity contribution in [2.75, 3.05) is 18.4 Å². The highest BCUT2D eigenvalue weighted by atomic mass is 16.7. The number of carbonyl (C=O) groups excluding carboxylic acids is 1. The molecule has 1 saturated carbocycles. The molecule has 0 atom stereocenters. The number of hydroxylamine groups is 2. The average molecular weight is 373 g/mol. The average Bonchev–Trinajstić information content (AvgIpc) is 2.60. The Morgan fingerprint density at radius 3 is 2.41 bits per heavy atom. The Labute approximate surface area is 159 Å². The van der Waals surface area contributed by atoms with Crippen LogP contribution in [-0.4, -0.2) is 45.7 Å². The first-order valence-corrected chi connectivity index (χ1v) is 9.45. The van der Waals surface area contributed by atoms with Gasteiger partial charge in [0.05, 0.1) is 29.6 Å². The van der Waals surface area contributed by atoms with E-state index in [9.17, 15) is 10.1 Å². The van der Waals surface area contributed by atoms with Crippen molar-refractivity contribution in [3.8, 4) is 12.1 Å². The molecule has 27 heavy (non-hydrogen) atoms. The molecule has 2 aliphatic rings. The first-order valence-electron chi connectivity index (χ1n) is 9.45. The summed E-state index contributed by atoms with van der Waals surface area (Å²) in [4.78, 5) is 25.8. The lowest BCUT2D eigenvalue weighted by Crippen LogP contribution is -2.43. The predicted octanol–water partition coefficient (Wildman–Crippen LogP) is 2.68. The van der Waals surface area contributed by atoms with E-state index in [1.54, 1.807) is 17.5 Å². The van der Waals surface area contributed by atoms with Gasteiger partial charge < -0.3 is 14.9 Å². The fraction of sp³-hybridized carbons (Fsp3) is 0.684. The molecule has 0 spiro atoms. The number of hydrogen-bond donors (Lipinski definition) is 1. The van der Waals surface area contributed by atoms with Crippen molar-refractivity contribution in [3.05, 3.63) is 12.4 Å². The number of piperidine rings is 1. The summed E-state index contributed by atoms with van der Waals surface area (Å²) in [6, 6.07) is 2.66. The maximum absolute atomic E-state index is 11.9. The zero-order chi connectivity index (χ0) is 19.5. The van der Waals surface area contributed by atoms with Crippen LogP contribution in [0.5, 0.6) is 6.01 Å². The number of nitrogens with zero attached hydrogens (tertiary/aromatic N) is 4. The van der Waals surface area contributed by atoms with Crippen LogP contribution in [0.25, 0.3) is 0 Å². The van der Waals surface area contributed by atoms with Gasteiger partial charge in [0, 0.05) is 25.9 Å². The summed E-state index contributed by atoms with van der Waals surface area (Å²) in [7, 11) is 0. The summed E-state index contributed by atoms with van der Waals surface area (Å²) < 4.78 is 5.85. The maximum atomic E-state index is 11.9. The highest BCUT2D eigenvalue weighted by Gasteiger charge is 2.37. The molecule has 0 radical (unpaired) electrons. The molecule has 0 aromatic carbocycles. The molecule has 146 valence electrons. The van der Waals surface area contributed by atoms with Crippen LogP contribution < -0.4 is 10.1 Å². The zero-order valence-corrected chi connectivity index (χ0v) is 16.2. The summed E-state index contributed by atoms with van der Waals surface area (Å²) >= 11 is 0. The number of carbonyl (C=O) groups is 1. The van der Waals surface area contributed by atoms with E-state index in [0.29, 0.717) is 19.1 Å². The topological polar surface area (TPSA) is 100 Å². The lowest BCUT2D eigenvalue weighted by atomic mass is 9.78. The van der Waals surface area contributed by atoms with E-state index in [4.69, 9.17) is 9.57 Å². The van der Waals surface area contributed by atoms with E-state index in [-0.39, 0.29) is 12.1 Å². The number of aromatic nitrogens is 2. The van der Waals surface area contributed by atoms with Crippen molar-refractivity contribution in [1.29, 1.82) is 5.26 Å². The third kappa shape index (κ3) is 4.86. The molecule has 8 nitrogen and oxygen atoms in total. The second-order valence-corrected chi connectivity index (χ2v) is 8.30. The van der Waals surface area contributed by atoms with Crippen molar-refractivity contribution in [3.63, 3.8) is 0 Å². The van der Waals surface area contributed by atoms with Gasteiger partial charge in [0.1, 0.15) is 11.6 Å². The molecule has 0 unspecified atom stereocenters. The van der Waals surface area contributed by atoms with Gasteiger partial charge in [-0.2, -0.15) is 5.26 Å². The second kappa shape index (κ2) is 7.69. The predicted molar refractivity (Wildman–Crippen MR) is 98.6 cm³/mol. The Bertz CT molecular complexity index is 696. The van der Waals surface area contributed by atoms with Gasteiger partial charge in [-0.05, 0) is 40.0 Å². The van der Waals surface area contributed by atoms with Crippen LogP contribution in [0.3, 0.4) is 0 Å². The third-order valence-electron chi connectivity index (χ3n) is 4.93. The lowest BCUT2D eigenvalue weighted by Gasteiger charge is -2.36. The summed E-state index contributed by atoms with van der Waals surface area (Å²) in [5.41, 5.74) is -0.253. The molecule has 8 heteroatoms. The smallest absolute Gasteiger partial charge is 0.330 e. The Hall–Kier alpha value is -2.40. The third-order valence-corrected chi connectivity index (χ3v) is 4.93. The van der Waals surface area contributed by atoms with E-state index in [1.165, 1.54) is 0 Å².